The van der Waals surface area contributed by atoms with Crippen LogP contribution in [0.15, 0.2) is 0 Å². The number of hydrogen-bond acceptors (Lipinski definition) is 2. The molecule has 1 fully saturated rings. The summed E-state index contributed by atoms with van der Waals surface area (Å²) in [6.07, 6.45) is 1.17. The Morgan fingerprint density at radius 1 is 1.28 bits per heavy atom. The molecule has 0 radical (unpaired) electrons. The van der Waals surface area contributed by atoms with Crippen LogP contribution in [0.3, 0.4) is 0 Å². The van der Waals surface area contributed by atoms with Crippen molar-refractivity contribution in [1.29, 1.82) is 5.26 Å². The summed E-state index contributed by atoms with van der Waals surface area (Å²) < 4.78 is 0. The molecule has 0 aromatic carbocycles. The number of rotatable bonds is 3. The topological polar surface area (TPSA) is 41.1 Å². The molecule has 1 aliphatic heterocycles. The van der Waals surface area contributed by atoms with Crippen molar-refractivity contribution in [2.45, 2.75) is 52.6 Å². The van der Waals surface area contributed by atoms with Crippen molar-refractivity contribution >= 4 is 0 Å². The Kier molecular flexibility index (Phi) is 6.54. The largest absolute Gasteiger partial charge is 0.661 e. The maximum absolute atomic E-state index is 9.34. The van der Waals surface area contributed by atoms with Gasteiger partial charge in [0, 0.05) is 26.6 Å². The quantitative estimate of drug-likeness (QED) is 0.705. The summed E-state index contributed by atoms with van der Waals surface area (Å²) in [5.74, 6) is 0.664. The molecule has 0 aromatic heterocycles. The molecule has 0 amide bonds. The van der Waals surface area contributed by atoms with Gasteiger partial charge in [-0.05, 0) is 47.2 Å². The third kappa shape index (κ3) is 3.35. The van der Waals surface area contributed by atoms with Crippen molar-refractivity contribution in [1.82, 2.24) is 4.90 Å². The predicted octanol–water partition coefficient (Wildman–Crippen LogP) is 3.03. The maximum Gasteiger partial charge on any atom is 0.0703 e. The van der Waals surface area contributed by atoms with Gasteiger partial charge in [0.25, 0.3) is 0 Å². The Balaban J connectivity index is 0.00000289. The molecule has 1 aliphatic rings. The molecule has 0 spiro atoms. The average molecular weight is 420 g/mol. The molecule has 1 saturated heterocycles. The number of nitriles is 1. The van der Waals surface area contributed by atoms with Crippen LogP contribution in [0.4, 0.5) is 0 Å². The van der Waals surface area contributed by atoms with E-state index in [4.69, 9.17) is 0 Å². The van der Waals surface area contributed by atoms with Crippen LogP contribution in [0.5, 0.6) is 0 Å². The molecule has 0 aliphatic carbocycles. The molecule has 0 N–H and O–H groups in total. The minimum absolute atomic E-state index is 0. The molecule has 104 valence electrons. The Hall–Kier alpha value is 0.0983. The molecule has 0 aromatic rings. The Bertz CT molecular complexity index is 307. The molecular formula is C14H26N3W-. The van der Waals surface area contributed by atoms with Gasteiger partial charge in [-0.1, -0.05) is 12.8 Å². The van der Waals surface area contributed by atoms with Crippen LogP contribution in [0, 0.1) is 22.7 Å². The molecule has 3 nitrogen and oxygen atoms in total. The van der Waals surface area contributed by atoms with Gasteiger partial charge in [0.15, 0.2) is 0 Å². The fourth-order valence-corrected chi connectivity index (χ4v) is 2.42. The zero-order valence-corrected chi connectivity index (χ0v) is 15.5. The number of likely N-dealkylation sites (N-methyl/N-ethyl adjacent to an activating group) is 1. The SMILES string of the molecule is C[N-][C@H]1CN(C(C)(C)C(C)(C)C#N)CC[C@H]1C.[W]. The van der Waals surface area contributed by atoms with Crippen LogP contribution in [0.25, 0.3) is 5.32 Å². The zero-order valence-electron chi connectivity index (χ0n) is 12.5. The minimum Gasteiger partial charge on any atom is -0.661 e. The fourth-order valence-electron chi connectivity index (χ4n) is 2.42. The van der Waals surface area contributed by atoms with Crippen molar-refractivity contribution < 1.29 is 21.1 Å². The third-order valence-corrected chi connectivity index (χ3v) is 4.85. The molecule has 4 heteroatoms. The minimum atomic E-state index is -0.341. The van der Waals surface area contributed by atoms with Crippen molar-refractivity contribution in [3.63, 3.8) is 0 Å². The monoisotopic (exact) mass is 420 g/mol. The smallest absolute Gasteiger partial charge is 0.0703 e. The summed E-state index contributed by atoms with van der Waals surface area (Å²) in [5.41, 5.74) is -0.448. The molecular weight excluding hydrogens is 394 g/mol. The van der Waals surface area contributed by atoms with Crippen molar-refractivity contribution in [3.05, 3.63) is 5.32 Å². The maximum atomic E-state index is 9.34. The average Bonchev–Trinajstić information content (AvgIpc) is 2.29. The first-order valence-electron chi connectivity index (χ1n) is 6.51. The van der Waals surface area contributed by atoms with Gasteiger partial charge in [-0.15, -0.1) is 6.04 Å². The summed E-state index contributed by atoms with van der Waals surface area (Å²) in [7, 11) is 1.91. The van der Waals surface area contributed by atoms with Gasteiger partial charge in [-0.25, -0.2) is 0 Å². The van der Waals surface area contributed by atoms with Crippen LogP contribution in [-0.4, -0.2) is 36.6 Å². The van der Waals surface area contributed by atoms with Crippen LogP contribution in [-0.2, 0) is 21.1 Å². The Labute approximate surface area is 127 Å². The van der Waals surface area contributed by atoms with Gasteiger partial charge in [0.1, 0.15) is 0 Å². The third-order valence-electron chi connectivity index (χ3n) is 4.85. The number of hydrogen-bond donors (Lipinski definition) is 0. The van der Waals surface area contributed by atoms with E-state index in [-0.39, 0.29) is 32.0 Å². The van der Waals surface area contributed by atoms with Gasteiger partial charge in [-0.3, -0.25) is 4.90 Å². The second-order valence-electron chi connectivity index (χ2n) is 6.33. The molecule has 18 heavy (non-hydrogen) atoms. The van der Waals surface area contributed by atoms with E-state index < -0.39 is 0 Å². The molecule has 1 heterocycles. The van der Waals surface area contributed by atoms with E-state index in [1.54, 1.807) is 0 Å². The summed E-state index contributed by atoms with van der Waals surface area (Å²) >= 11 is 0. The van der Waals surface area contributed by atoms with E-state index in [0.717, 1.165) is 13.1 Å². The number of likely N-dealkylation sites (tertiary alicyclic amines) is 1. The van der Waals surface area contributed by atoms with E-state index in [1.165, 1.54) is 6.42 Å². The van der Waals surface area contributed by atoms with Crippen LogP contribution in [0.2, 0.25) is 0 Å². The first kappa shape index (κ1) is 18.1. The summed E-state index contributed by atoms with van der Waals surface area (Å²) in [4.78, 5) is 2.44. The van der Waals surface area contributed by atoms with E-state index in [1.807, 2.05) is 20.9 Å². The molecule has 2 atom stereocenters. The second kappa shape index (κ2) is 6.51. The Morgan fingerprint density at radius 3 is 2.28 bits per heavy atom. The number of nitrogens with zero attached hydrogens (tertiary/aromatic N) is 3. The van der Waals surface area contributed by atoms with E-state index in [2.05, 4.69) is 37.1 Å². The predicted molar refractivity (Wildman–Crippen MR) is 71.9 cm³/mol. The molecule has 0 bridgehead atoms. The van der Waals surface area contributed by atoms with Crippen molar-refractivity contribution in [2.75, 3.05) is 20.1 Å². The Morgan fingerprint density at radius 2 is 1.83 bits per heavy atom. The molecule has 0 unspecified atom stereocenters. The van der Waals surface area contributed by atoms with Crippen LogP contribution < -0.4 is 0 Å². The summed E-state index contributed by atoms with van der Waals surface area (Å²) in [6, 6.07) is 2.87. The van der Waals surface area contributed by atoms with E-state index in [0.29, 0.717) is 12.0 Å². The van der Waals surface area contributed by atoms with Gasteiger partial charge in [-0.2, -0.15) is 12.3 Å². The fraction of sp³-hybridized carbons (Fsp3) is 0.929. The molecule has 1 rings (SSSR count). The molecule has 0 saturated carbocycles. The zero-order chi connectivity index (χ0) is 13.3. The van der Waals surface area contributed by atoms with E-state index in [9.17, 15) is 5.26 Å². The van der Waals surface area contributed by atoms with Crippen molar-refractivity contribution in [3.8, 4) is 6.07 Å². The summed E-state index contributed by atoms with van der Waals surface area (Å²) in [6.45, 7) is 12.8. The second-order valence-corrected chi connectivity index (χ2v) is 6.33. The van der Waals surface area contributed by atoms with Crippen LogP contribution >= 0.6 is 0 Å². The van der Waals surface area contributed by atoms with Crippen LogP contribution in [0.1, 0.15) is 41.0 Å². The van der Waals surface area contributed by atoms with Gasteiger partial charge >= 0.3 is 0 Å². The first-order chi connectivity index (χ1) is 7.76. The van der Waals surface area contributed by atoms with Gasteiger partial charge < -0.3 is 5.32 Å². The van der Waals surface area contributed by atoms with Gasteiger partial charge in [0.05, 0.1) is 11.5 Å². The normalized spacial score (nSPS) is 26.3. The first-order valence-corrected chi connectivity index (χ1v) is 6.51. The number of piperidine rings is 1. The summed E-state index contributed by atoms with van der Waals surface area (Å²) in [5, 5.41) is 13.8. The standard InChI is InChI=1S/C14H26N3.W/c1-11-7-8-17(9-12(11)16-6)14(4,5)13(2,3)10-15;/h11-12H,7-9H2,1-6H3;/q-1;/t11-,12+;/m1./s1. The van der Waals surface area contributed by atoms with Crippen molar-refractivity contribution in [2.24, 2.45) is 11.3 Å². The van der Waals surface area contributed by atoms with Gasteiger partial charge in [0.2, 0.25) is 0 Å². The van der Waals surface area contributed by atoms with E-state index >= 15 is 0 Å².